The van der Waals surface area contributed by atoms with E-state index in [1.807, 2.05) is 39.8 Å². The second-order valence-corrected chi connectivity index (χ2v) is 5.16. The summed E-state index contributed by atoms with van der Waals surface area (Å²) in [6.07, 6.45) is 0. The second kappa shape index (κ2) is 9.94. The predicted molar refractivity (Wildman–Crippen MR) is 90.8 cm³/mol. The summed E-state index contributed by atoms with van der Waals surface area (Å²) in [6.45, 7) is 8.49. The summed E-state index contributed by atoms with van der Waals surface area (Å²) in [5.41, 5.74) is 0.499. The summed E-state index contributed by atoms with van der Waals surface area (Å²) in [5.74, 6) is 1.44. The van der Waals surface area contributed by atoms with Crippen molar-refractivity contribution in [2.45, 2.75) is 20.8 Å². The van der Waals surface area contributed by atoms with Crippen LogP contribution in [0.5, 0.6) is 17.2 Å². The van der Waals surface area contributed by atoms with Crippen LogP contribution in [-0.4, -0.2) is 57.8 Å². The van der Waals surface area contributed by atoms with Crippen LogP contribution < -0.4 is 19.5 Å². The van der Waals surface area contributed by atoms with Gasteiger partial charge in [0.05, 0.1) is 19.8 Å². The third-order valence-electron chi connectivity index (χ3n) is 3.02. The zero-order chi connectivity index (χ0) is 17.2. The van der Waals surface area contributed by atoms with Gasteiger partial charge in [0.1, 0.15) is 0 Å². The van der Waals surface area contributed by atoms with E-state index in [0.717, 1.165) is 6.54 Å². The average molecular weight is 324 g/mol. The van der Waals surface area contributed by atoms with Gasteiger partial charge in [0.25, 0.3) is 5.91 Å². The summed E-state index contributed by atoms with van der Waals surface area (Å²) in [4.78, 5) is 14.3. The van der Waals surface area contributed by atoms with Crippen molar-refractivity contribution in [2.24, 2.45) is 0 Å². The number of likely N-dealkylation sites (N-methyl/N-ethyl adjacent to an activating group) is 1. The number of nitrogens with one attached hydrogen (secondary N) is 1. The van der Waals surface area contributed by atoms with Gasteiger partial charge in [0.15, 0.2) is 11.5 Å². The molecular weight excluding hydrogens is 296 g/mol. The first kappa shape index (κ1) is 19.1. The number of carbonyl (C=O) groups is 1. The van der Waals surface area contributed by atoms with Gasteiger partial charge in [-0.25, -0.2) is 0 Å². The van der Waals surface area contributed by atoms with Crippen molar-refractivity contribution in [2.75, 3.05) is 47.0 Å². The minimum absolute atomic E-state index is 0.156. The molecule has 1 N–H and O–H groups in total. The molecule has 0 saturated heterocycles. The summed E-state index contributed by atoms with van der Waals surface area (Å²) in [6, 6.07) is 3.39. The van der Waals surface area contributed by atoms with Gasteiger partial charge in [-0.1, -0.05) is 0 Å². The van der Waals surface area contributed by atoms with E-state index >= 15 is 0 Å². The molecule has 0 atom stereocenters. The topological polar surface area (TPSA) is 60.0 Å². The van der Waals surface area contributed by atoms with E-state index in [1.165, 1.54) is 0 Å². The Morgan fingerprint density at radius 1 is 1.00 bits per heavy atom. The van der Waals surface area contributed by atoms with Gasteiger partial charge in [0, 0.05) is 18.7 Å². The Morgan fingerprint density at radius 2 is 1.52 bits per heavy atom. The Hall–Kier alpha value is -1.95. The molecule has 6 heteroatoms. The zero-order valence-corrected chi connectivity index (χ0v) is 14.8. The summed E-state index contributed by atoms with van der Waals surface area (Å²) in [5, 5.41) is 2.89. The van der Waals surface area contributed by atoms with Crippen LogP contribution in [-0.2, 0) is 0 Å². The molecule has 0 fully saturated rings. The van der Waals surface area contributed by atoms with Crippen LogP contribution in [0.2, 0.25) is 0 Å². The largest absolute Gasteiger partial charge is 0.490 e. The number of hydrogen-bond acceptors (Lipinski definition) is 5. The molecule has 0 aliphatic heterocycles. The lowest BCUT2D eigenvalue weighted by Gasteiger charge is -2.17. The third kappa shape index (κ3) is 5.98. The van der Waals surface area contributed by atoms with Crippen LogP contribution >= 0.6 is 0 Å². The maximum Gasteiger partial charge on any atom is 0.251 e. The molecule has 1 aromatic carbocycles. The number of rotatable bonds is 10. The Morgan fingerprint density at radius 3 is 1.96 bits per heavy atom. The summed E-state index contributed by atoms with van der Waals surface area (Å²) >= 11 is 0. The van der Waals surface area contributed by atoms with Gasteiger partial charge >= 0.3 is 0 Å². The standard InChI is InChI=1S/C17H28N2O4/c1-6-21-14-11-13(17(20)18-9-10-19(4)5)12-15(22-7-2)16(14)23-8-3/h11-12H,6-10H2,1-5H3,(H,18,20). The second-order valence-electron chi connectivity index (χ2n) is 5.16. The average Bonchev–Trinajstić information content (AvgIpc) is 2.50. The molecule has 0 radical (unpaired) electrons. The lowest BCUT2D eigenvalue weighted by atomic mass is 10.1. The molecule has 6 nitrogen and oxygen atoms in total. The lowest BCUT2D eigenvalue weighted by molar-refractivity contribution is 0.0950. The number of amides is 1. The molecule has 0 saturated carbocycles. The smallest absolute Gasteiger partial charge is 0.251 e. The van der Waals surface area contributed by atoms with E-state index < -0.39 is 0 Å². The minimum Gasteiger partial charge on any atom is -0.490 e. The maximum absolute atomic E-state index is 12.3. The molecule has 0 unspecified atom stereocenters. The Kier molecular flexibility index (Phi) is 8.26. The number of carbonyl (C=O) groups excluding carboxylic acids is 1. The highest BCUT2D eigenvalue weighted by Crippen LogP contribution is 2.39. The monoisotopic (exact) mass is 324 g/mol. The van der Waals surface area contributed by atoms with E-state index in [2.05, 4.69) is 5.32 Å². The molecule has 130 valence electrons. The highest BCUT2D eigenvalue weighted by Gasteiger charge is 2.18. The fraction of sp³-hybridized carbons (Fsp3) is 0.588. The van der Waals surface area contributed by atoms with E-state index in [-0.39, 0.29) is 5.91 Å². The molecular formula is C17H28N2O4. The van der Waals surface area contributed by atoms with Crippen molar-refractivity contribution < 1.29 is 19.0 Å². The quantitative estimate of drug-likeness (QED) is 0.715. The fourth-order valence-corrected chi connectivity index (χ4v) is 2.01. The van der Waals surface area contributed by atoms with Crippen molar-refractivity contribution in [3.05, 3.63) is 17.7 Å². The molecule has 0 heterocycles. The first-order chi connectivity index (χ1) is 11.0. The number of hydrogen-bond donors (Lipinski definition) is 1. The minimum atomic E-state index is -0.156. The van der Waals surface area contributed by atoms with E-state index in [0.29, 0.717) is 49.2 Å². The molecule has 0 aliphatic rings. The Labute approximate surface area is 138 Å². The molecule has 0 bridgehead atoms. The molecule has 1 amide bonds. The van der Waals surface area contributed by atoms with Crippen LogP contribution in [0.15, 0.2) is 12.1 Å². The third-order valence-corrected chi connectivity index (χ3v) is 3.02. The summed E-state index contributed by atoms with van der Waals surface area (Å²) < 4.78 is 16.9. The van der Waals surface area contributed by atoms with Crippen molar-refractivity contribution in [1.82, 2.24) is 10.2 Å². The lowest BCUT2D eigenvalue weighted by Crippen LogP contribution is -2.31. The van der Waals surface area contributed by atoms with Crippen molar-refractivity contribution >= 4 is 5.91 Å². The van der Waals surface area contributed by atoms with Crippen LogP contribution in [0, 0.1) is 0 Å². The molecule has 1 rings (SSSR count). The van der Waals surface area contributed by atoms with Crippen LogP contribution in [0.3, 0.4) is 0 Å². The molecule has 1 aromatic rings. The Balaban J connectivity index is 3.04. The van der Waals surface area contributed by atoms with Crippen molar-refractivity contribution in [3.63, 3.8) is 0 Å². The highest BCUT2D eigenvalue weighted by atomic mass is 16.5. The van der Waals surface area contributed by atoms with Crippen LogP contribution in [0.4, 0.5) is 0 Å². The summed E-state index contributed by atoms with van der Waals surface area (Å²) in [7, 11) is 3.92. The molecule has 23 heavy (non-hydrogen) atoms. The van der Waals surface area contributed by atoms with E-state index in [4.69, 9.17) is 14.2 Å². The number of ether oxygens (including phenoxy) is 3. The first-order valence-electron chi connectivity index (χ1n) is 8.02. The Bertz CT molecular complexity index is 476. The maximum atomic E-state index is 12.3. The van der Waals surface area contributed by atoms with Crippen LogP contribution in [0.1, 0.15) is 31.1 Å². The van der Waals surface area contributed by atoms with E-state index in [9.17, 15) is 4.79 Å². The fourth-order valence-electron chi connectivity index (χ4n) is 2.01. The molecule has 0 spiro atoms. The number of benzene rings is 1. The van der Waals surface area contributed by atoms with Gasteiger partial charge in [0.2, 0.25) is 5.75 Å². The van der Waals surface area contributed by atoms with Crippen LogP contribution in [0.25, 0.3) is 0 Å². The SMILES string of the molecule is CCOc1cc(C(=O)NCCN(C)C)cc(OCC)c1OCC. The normalized spacial score (nSPS) is 10.5. The highest BCUT2D eigenvalue weighted by molar-refractivity contribution is 5.95. The first-order valence-corrected chi connectivity index (χ1v) is 8.02. The molecule has 0 aliphatic carbocycles. The van der Waals surface area contributed by atoms with Gasteiger partial charge in [-0.2, -0.15) is 0 Å². The number of nitrogens with zero attached hydrogens (tertiary/aromatic N) is 1. The van der Waals surface area contributed by atoms with Gasteiger partial charge in [-0.3, -0.25) is 4.79 Å². The zero-order valence-electron chi connectivity index (χ0n) is 14.8. The van der Waals surface area contributed by atoms with Crippen molar-refractivity contribution in [1.29, 1.82) is 0 Å². The molecule has 0 aromatic heterocycles. The van der Waals surface area contributed by atoms with Gasteiger partial charge < -0.3 is 24.4 Å². The van der Waals surface area contributed by atoms with E-state index in [1.54, 1.807) is 12.1 Å². The predicted octanol–water partition coefficient (Wildman–Crippen LogP) is 2.17. The van der Waals surface area contributed by atoms with Crippen molar-refractivity contribution in [3.8, 4) is 17.2 Å². The van der Waals surface area contributed by atoms with Gasteiger partial charge in [-0.15, -0.1) is 0 Å². The van der Waals surface area contributed by atoms with Gasteiger partial charge in [-0.05, 0) is 47.0 Å².